The van der Waals surface area contributed by atoms with Crippen molar-refractivity contribution in [3.8, 4) is 0 Å². The standard InChI is InChI=1S/C9H16N4O2/c1-4-8(2,3)13-5-9(6-13,7(14)15)11-12-10/h4-6H2,1-3H3,(H,14,15). The Bertz CT molecular complexity index is 310. The second-order valence-corrected chi connectivity index (χ2v) is 4.55. The number of carbonyl (C=O) groups is 1. The quantitative estimate of drug-likeness (QED) is 0.436. The van der Waals surface area contributed by atoms with Crippen LogP contribution in [0.25, 0.3) is 10.4 Å². The molecule has 6 nitrogen and oxygen atoms in total. The topological polar surface area (TPSA) is 89.3 Å². The monoisotopic (exact) mass is 212 g/mol. The van der Waals surface area contributed by atoms with Crippen molar-refractivity contribution < 1.29 is 9.90 Å². The normalized spacial score (nSPS) is 20.2. The van der Waals surface area contributed by atoms with E-state index in [9.17, 15) is 4.79 Å². The molecule has 6 heteroatoms. The molecule has 84 valence electrons. The van der Waals surface area contributed by atoms with E-state index in [1.165, 1.54) is 0 Å². The summed E-state index contributed by atoms with van der Waals surface area (Å²) in [5, 5.41) is 12.4. The van der Waals surface area contributed by atoms with Crippen molar-refractivity contribution in [1.29, 1.82) is 0 Å². The number of azide groups is 1. The van der Waals surface area contributed by atoms with Gasteiger partial charge in [-0.2, -0.15) is 0 Å². The van der Waals surface area contributed by atoms with Crippen LogP contribution in [0.2, 0.25) is 0 Å². The van der Waals surface area contributed by atoms with Crippen molar-refractivity contribution in [2.75, 3.05) is 13.1 Å². The maximum Gasteiger partial charge on any atom is 0.318 e. The molecule has 1 fully saturated rings. The molecule has 0 aromatic heterocycles. The van der Waals surface area contributed by atoms with Crippen LogP contribution in [-0.2, 0) is 4.79 Å². The highest BCUT2D eigenvalue weighted by Crippen LogP contribution is 2.33. The van der Waals surface area contributed by atoms with Crippen LogP contribution < -0.4 is 0 Å². The smallest absolute Gasteiger partial charge is 0.318 e. The molecule has 1 aliphatic rings. The minimum atomic E-state index is -1.25. The first-order valence-corrected chi connectivity index (χ1v) is 4.93. The number of nitrogens with zero attached hydrogens (tertiary/aromatic N) is 4. The van der Waals surface area contributed by atoms with Gasteiger partial charge in [0.05, 0.1) is 0 Å². The van der Waals surface area contributed by atoms with E-state index in [1.807, 2.05) is 11.8 Å². The van der Waals surface area contributed by atoms with Crippen LogP contribution in [0.5, 0.6) is 0 Å². The number of hydrogen-bond donors (Lipinski definition) is 1. The zero-order chi connectivity index (χ0) is 11.7. The molecule has 0 spiro atoms. The van der Waals surface area contributed by atoms with Gasteiger partial charge >= 0.3 is 5.97 Å². The van der Waals surface area contributed by atoms with Gasteiger partial charge in [0.1, 0.15) is 0 Å². The van der Waals surface area contributed by atoms with Crippen molar-refractivity contribution in [3.63, 3.8) is 0 Å². The predicted molar refractivity (Wildman–Crippen MR) is 55.5 cm³/mol. The Labute approximate surface area is 88.5 Å². The lowest BCUT2D eigenvalue weighted by atomic mass is 9.84. The van der Waals surface area contributed by atoms with Gasteiger partial charge in [0.15, 0.2) is 5.54 Å². The second kappa shape index (κ2) is 3.72. The molecule has 1 aliphatic heterocycles. The second-order valence-electron chi connectivity index (χ2n) is 4.55. The Balaban J connectivity index is 2.75. The Hall–Kier alpha value is -1.26. The van der Waals surface area contributed by atoms with Crippen molar-refractivity contribution in [3.05, 3.63) is 10.4 Å². The third-order valence-electron chi connectivity index (χ3n) is 3.26. The average Bonchev–Trinajstić information content (AvgIpc) is 2.09. The Morgan fingerprint density at radius 1 is 1.67 bits per heavy atom. The molecule has 0 aliphatic carbocycles. The van der Waals surface area contributed by atoms with Gasteiger partial charge in [0.25, 0.3) is 0 Å². The maximum absolute atomic E-state index is 11.0. The van der Waals surface area contributed by atoms with E-state index in [0.29, 0.717) is 13.1 Å². The van der Waals surface area contributed by atoms with Crippen LogP contribution in [-0.4, -0.2) is 40.1 Å². The minimum Gasteiger partial charge on any atom is -0.481 e. The molecule has 0 bridgehead atoms. The van der Waals surface area contributed by atoms with Crippen LogP contribution >= 0.6 is 0 Å². The molecule has 0 saturated carbocycles. The summed E-state index contributed by atoms with van der Waals surface area (Å²) in [6.45, 7) is 6.75. The molecule has 0 aromatic rings. The molecular formula is C9H16N4O2. The summed E-state index contributed by atoms with van der Waals surface area (Å²) < 4.78 is 0. The molecular weight excluding hydrogens is 196 g/mol. The lowest BCUT2D eigenvalue weighted by molar-refractivity contribution is -0.153. The summed E-state index contributed by atoms with van der Waals surface area (Å²) in [5.74, 6) is -1.04. The first-order chi connectivity index (χ1) is 6.88. The lowest BCUT2D eigenvalue weighted by Crippen LogP contribution is -2.69. The van der Waals surface area contributed by atoms with Gasteiger partial charge in [-0.15, -0.1) is 0 Å². The van der Waals surface area contributed by atoms with E-state index >= 15 is 0 Å². The highest BCUT2D eigenvalue weighted by Gasteiger charge is 2.52. The van der Waals surface area contributed by atoms with E-state index in [1.54, 1.807) is 0 Å². The van der Waals surface area contributed by atoms with E-state index in [2.05, 4.69) is 23.9 Å². The summed E-state index contributed by atoms with van der Waals surface area (Å²) in [7, 11) is 0. The van der Waals surface area contributed by atoms with Crippen molar-refractivity contribution in [1.82, 2.24) is 4.90 Å². The summed E-state index contributed by atoms with van der Waals surface area (Å²) in [6, 6.07) is 0. The first kappa shape index (κ1) is 11.8. The molecule has 1 rings (SSSR count). The van der Waals surface area contributed by atoms with Crippen molar-refractivity contribution in [2.45, 2.75) is 38.3 Å². The molecule has 1 N–H and O–H groups in total. The average molecular weight is 212 g/mol. The molecule has 0 unspecified atom stereocenters. The first-order valence-electron chi connectivity index (χ1n) is 4.93. The van der Waals surface area contributed by atoms with Gasteiger partial charge in [-0.25, -0.2) is 0 Å². The number of carboxylic acid groups (broad SMARTS) is 1. The van der Waals surface area contributed by atoms with E-state index < -0.39 is 11.5 Å². The summed E-state index contributed by atoms with van der Waals surface area (Å²) in [4.78, 5) is 15.6. The van der Waals surface area contributed by atoms with Crippen LogP contribution in [0.3, 0.4) is 0 Å². The molecule has 0 aromatic carbocycles. The Kier molecular flexibility index (Phi) is 2.93. The highest BCUT2D eigenvalue weighted by atomic mass is 16.4. The van der Waals surface area contributed by atoms with Crippen LogP contribution in [0.1, 0.15) is 27.2 Å². The summed E-state index contributed by atoms with van der Waals surface area (Å²) in [6.07, 6.45) is 0.930. The molecule has 0 atom stereocenters. The fourth-order valence-corrected chi connectivity index (χ4v) is 1.56. The summed E-state index contributed by atoms with van der Waals surface area (Å²) in [5.41, 5.74) is 7.05. The van der Waals surface area contributed by atoms with Gasteiger partial charge in [0, 0.05) is 23.5 Å². The van der Waals surface area contributed by atoms with Gasteiger partial charge in [-0.3, -0.25) is 9.69 Å². The van der Waals surface area contributed by atoms with Crippen molar-refractivity contribution >= 4 is 5.97 Å². The van der Waals surface area contributed by atoms with Gasteiger partial charge in [-0.05, 0) is 25.8 Å². The van der Waals surface area contributed by atoms with Crippen LogP contribution in [0.4, 0.5) is 0 Å². The zero-order valence-electron chi connectivity index (χ0n) is 9.27. The Morgan fingerprint density at radius 2 is 2.20 bits per heavy atom. The zero-order valence-corrected chi connectivity index (χ0v) is 9.27. The van der Waals surface area contributed by atoms with Crippen LogP contribution in [0.15, 0.2) is 5.11 Å². The fraction of sp³-hybridized carbons (Fsp3) is 0.889. The van der Waals surface area contributed by atoms with E-state index in [0.717, 1.165) is 6.42 Å². The van der Waals surface area contributed by atoms with E-state index in [-0.39, 0.29) is 5.54 Å². The fourth-order valence-electron chi connectivity index (χ4n) is 1.56. The number of likely N-dealkylation sites (tertiary alicyclic amines) is 1. The van der Waals surface area contributed by atoms with Gasteiger partial charge in [-0.1, -0.05) is 12.0 Å². The number of aliphatic carboxylic acids is 1. The van der Waals surface area contributed by atoms with Gasteiger partial charge < -0.3 is 5.11 Å². The van der Waals surface area contributed by atoms with Crippen LogP contribution in [0, 0.1) is 0 Å². The Morgan fingerprint density at radius 3 is 2.53 bits per heavy atom. The predicted octanol–water partition coefficient (Wildman–Crippen LogP) is 1.62. The van der Waals surface area contributed by atoms with E-state index in [4.69, 9.17) is 10.6 Å². The SMILES string of the molecule is CCC(C)(C)N1CC(N=[N+]=[N-])(C(=O)O)C1. The summed E-state index contributed by atoms with van der Waals surface area (Å²) >= 11 is 0. The molecule has 1 heterocycles. The maximum atomic E-state index is 11.0. The molecule has 0 radical (unpaired) electrons. The molecule has 0 amide bonds. The number of hydrogen-bond acceptors (Lipinski definition) is 3. The third kappa shape index (κ3) is 1.91. The van der Waals surface area contributed by atoms with Gasteiger partial charge in [0.2, 0.25) is 0 Å². The number of rotatable bonds is 4. The molecule has 1 saturated heterocycles. The minimum absolute atomic E-state index is 0.0378. The largest absolute Gasteiger partial charge is 0.481 e. The lowest BCUT2D eigenvalue weighted by Gasteiger charge is -2.52. The van der Waals surface area contributed by atoms with Crippen molar-refractivity contribution in [2.24, 2.45) is 5.11 Å². The third-order valence-corrected chi connectivity index (χ3v) is 3.26. The highest BCUT2D eigenvalue weighted by molar-refractivity contribution is 5.81. The molecule has 15 heavy (non-hydrogen) atoms. The number of carboxylic acids is 1.